The summed E-state index contributed by atoms with van der Waals surface area (Å²) in [6, 6.07) is 1.99. The van der Waals surface area contributed by atoms with E-state index in [0.717, 1.165) is 12.8 Å². The van der Waals surface area contributed by atoms with Gasteiger partial charge in [0.25, 0.3) is 5.88 Å². The van der Waals surface area contributed by atoms with Gasteiger partial charge >= 0.3 is 0 Å². The molecule has 0 amide bonds. The maximum Gasteiger partial charge on any atom is 0.250 e. The van der Waals surface area contributed by atoms with E-state index in [4.69, 9.17) is 9.47 Å². The molecular weight excluding hydrogens is 247 g/mol. The summed E-state index contributed by atoms with van der Waals surface area (Å²) in [5.41, 5.74) is 0.589. The van der Waals surface area contributed by atoms with Crippen LogP contribution in [-0.2, 0) is 11.3 Å². The third kappa shape index (κ3) is 4.14. The van der Waals surface area contributed by atoms with Crippen LogP contribution in [0.2, 0.25) is 0 Å². The smallest absolute Gasteiger partial charge is 0.250 e. The minimum absolute atomic E-state index is 0.00376. The molecule has 5 heteroatoms. The summed E-state index contributed by atoms with van der Waals surface area (Å²) in [4.78, 5) is 3.99. The van der Waals surface area contributed by atoms with E-state index in [1.807, 2.05) is 13.8 Å². The fraction of sp³-hybridized carbons (Fsp3) is 0.643. The Kier molecular flexibility index (Phi) is 5.10. The molecule has 106 valence electrons. The van der Waals surface area contributed by atoms with E-state index >= 15 is 0 Å². The Morgan fingerprint density at radius 2 is 2.21 bits per heavy atom. The first-order valence-corrected chi connectivity index (χ1v) is 6.78. The highest BCUT2D eigenvalue weighted by molar-refractivity contribution is 5.23. The summed E-state index contributed by atoms with van der Waals surface area (Å²) < 4.78 is 25.1. The van der Waals surface area contributed by atoms with Gasteiger partial charge in [0, 0.05) is 37.2 Å². The predicted molar refractivity (Wildman–Crippen MR) is 70.6 cm³/mol. The van der Waals surface area contributed by atoms with Crippen LogP contribution in [0.25, 0.3) is 0 Å². The zero-order chi connectivity index (χ0) is 13.7. The van der Waals surface area contributed by atoms with Crippen molar-refractivity contribution < 1.29 is 13.9 Å². The molecule has 2 heterocycles. The normalized spacial score (nSPS) is 16.8. The van der Waals surface area contributed by atoms with Crippen LogP contribution in [0.5, 0.6) is 5.88 Å². The van der Waals surface area contributed by atoms with Gasteiger partial charge in [-0.25, -0.2) is 9.37 Å². The number of hydrogen-bond donors (Lipinski definition) is 1. The summed E-state index contributed by atoms with van der Waals surface area (Å²) in [7, 11) is 0. The molecule has 0 atom stereocenters. The molecular formula is C14H21FN2O2. The lowest BCUT2D eigenvalue weighted by Gasteiger charge is -2.23. The van der Waals surface area contributed by atoms with Gasteiger partial charge in [0.15, 0.2) is 5.82 Å². The van der Waals surface area contributed by atoms with E-state index in [0.29, 0.717) is 31.4 Å². The first-order valence-electron chi connectivity index (χ1n) is 6.78. The van der Waals surface area contributed by atoms with Crippen molar-refractivity contribution in [2.75, 3.05) is 13.2 Å². The van der Waals surface area contributed by atoms with Gasteiger partial charge < -0.3 is 14.8 Å². The van der Waals surface area contributed by atoms with Gasteiger partial charge in [-0.2, -0.15) is 0 Å². The molecule has 19 heavy (non-hydrogen) atoms. The quantitative estimate of drug-likeness (QED) is 0.889. The molecule has 1 aliphatic heterocycles. The summed E-state index contributed by atoms with van der Waals surface area (Å²) in [5, 5.41) is 3.19. The van der Waals surface area contributed by atoms with Crippen molar-refractivity contribution in [2.45, 2.75) is 45.4 Å². The van der Waals surface area contributed by atoms with Crippen LogP contribution in [0.1, 0.15) is 32.3 Å². The van der Waals surface area contributed by atoms with Crippen LogP contribution >= 0.6 is 0 Å². The van der Waals surface area contributed by atoms with Gasteiger partial charge in [-0.05, 0) is 6.07 Å². The minimum atomic E-state index is -0.359. The molecule has 0 saturated carbocycles. The number of nitrogens with zero attached hydrogens (tertiary/aromatic N) is 1. The molecule has 0 radical (unpaired) electrons. The van der Waals surface area contributed by atoms with Crippen molar-refractivity contribution >= 4 is 0 Å². The Labute approximate surface area is 113 Å². The third-order valence-electron chi connectivity index (χ3n) is 3.08. The molecule has 1 N–H and O–H groups in total. The maximum atomic E-state index is 14.2. The summed E-state index contributed by atoms with van der Waals surface area (Å²) in [6.07, 6.45) is 3.17. The number of pyridine rings is 1. The molecule has 0 unspecified atom stereocenters. The van der Waals surface area contributed by atoms with Gasteiger partial charge in [-0.15, -0.1) is 0 Å². The fourth-order valence-corrected chi connectivity index (χ4v) is 1.95. The van der Waals surface area contributed by atoms with Crippen LogP contribution in [0.15, 0.2) is 12.3 Å². The zero-order valence-corrected chi connectivity index (χ0v) is 11.5. The van der Waals surface area contributed by atoms with Crippen molar-refractivity contribution in [3.8, 4) is 5.88 Å². The number of nitrogens with one attached hydrogen (secondary N) is 1. The lowest BCUT2D eigenvalue weighted by atomic mass is 10.1. The van der Waals surface area contributed by atoms with Crippen molar-refractivity contribution in [1.82, 2.24) is 10.3 Å². The van der Waals surface area contributed by atoms with E-state index in [9.17, 15) is 4.39 Å². The van der Waals surface area contributed by atoms with Crippen molar-refractivity contribution in [3.63, 3.8) is 0 Å². The summed E-state index contributed by atoms with van der Waals surface area (Å²) in [5.74, 6) is -0.253. The monoisotopic (exact) mass is 268 g/mol. The van der Waals surface area contributed by atoms with E-state index in [1.165, 1.54) is 0 Å². The largest absolute Gasteiger partial charge is 0.472 e. The molecule has 1 aromatic rings. The molecule has 1 saturated heterocycles. The van der Waals surface area contributed by atoms with Crippen molar-refractivity contribution in [2.24, 2.45) is 0 Å². The number of hydrogen-bond acceptors (Lipinski definition) is 4. The highest BCUT2D eigenvalue weighted by Gasteiger charge is 2.19. The minimum Gasteiger partial charge on any atom is -0.472 e. The van der Waals surface area contributed by atoms with Crippen molar-refractivity contribution in [1.29, 1.82) is 0 Å². The highest BCUT2D eigenvalue weighted by Crippen LogP contribution is 2.21. The molecule has 0 spiro atoms. The molecule has 0 aromatic carbocycles. The Hall–Kier alpha value is -1.20. The van der Waals surface area contributed by atoms with Crippen LogP contribution in [0, 0.1) is 5.82 Å². The molecule has 4 nitrogen and oxygen atoms in total. The topological polar surface area (TPSA) is 43.4 Å². The standard InChI is InChI=1S/C14H21FN2O2/c1-10(2)17-9-11-3-6-16-14(13(11)15)19-12-4-7-18-8-5-12/h3,6,10,12,17H,4-5,7-9H2,1-2H3. The van der Waals surface area contributed by atoms with Gasteiger partial charge in [0.05, 0.1) is 13.2 Å². The van der Waals surface area contributed by atoms with Crippen LogP contribution in [0.3, 0.4) is 0 Å². The molecule has 2 rings (SSSR count). The first-order chi connectivity index (χ1) is 9.16. The predicted octanol–water partition coefficient (Wildman–Crippen LogP) is 2.28. The second-order valence-electron chi connectivity index (χ2n) is 5.05. The molecule has 1 fully saturated rings. The van der Waals surface area contributed by atoms with Crippen LogP contribution in [0.4, 0.5) is 4.39 Å². The number of aromatic nitrogens is 1. The molecule has 0 aliphatic carbocycles. The number of halogens is 1. The second-order valence-corrected chi connectivity index (χ2v) is 5.05. The van der Waals surface area contributed by atoms with Crippen molar-refractivity contribution in [3.05, 3.63) is 23.6 Å². The average molecular weight is 268 g/mol. The Balaban J connectivity index is 2.01. The van der Waals surface area contributed by atoms with E-state index < -0.39 is 0 Å². The molecule has 0 bridgehead atoms. The zero-order valence-electron chi connectivity index (χ0n) is 11.5. The first kappa shape index (κ1) is 14.2. The summed E-state index contributed by atoms with van der Waals surface area (Å²) >= 11 is 0. The lowest BCUT2D eigenvalue weighted by molar-refractivity contribution is 0.0219. The Bertz CT molecular complexity index is 406. The Morgan fingerprint density at radius 3 is 2.89 bits per heavy atom. The molecule has 1 aliphatic rings. The van der Waals surface area contributed by atoms with Gasteiger partial charge in [-0.1, -0.05) is 13.8 Å². The maximum absolute atomic E-state index is 14.2. The van der Waals surface area contributed by atoms with E-state index in [1.54, 1.807) is 12.3 Å². The van der Waals surface area contributed by atoms with E-state index in [2.05, 4.69) is 10.3 Å². The number of rotatable bonds is 5. The third-order valence-corrected chi connectivity index (χ3v) is 3.08. The van der Waals surface area contributed by atoms with Gasteiger partial charge in [0.2, 0.25) is 0 Å². The van der Waals surface area contributed by atoms with Gasteiger partial charge in [0.1, 0.15) is 6.10 Å². The molecule has 1 aromatic heterocycles. The van der Waals surface area contributed by atoms with Gasteiger partial charge in [-0.3, -0.25) is 0 Å². The highest BCUT2D eigenvalue weighted by atomic mass is 19.1. The number of ether oxygens (including phenoxy) is 2. The average Bonchev–Trinajstić information content (AvgIpc) is 2.41. The SMILES string of the molecule is CC(C)NCc1ccnc(OC2CCOCC2)c1F. The fourth-order valence-electron chi connectivity index (χ4n) is 1.95. The van der Waals surface area contributed by atoms with Crippen LogP contribution < -0.4 is 10.1 Å². The van der Waals surface area contributed by atoms with Crippen LogP contribution in [-0.4, -0.2) is 30.3 Å². The summed E-state index contributed by atoms with van der Waals surface area (Å²) in [6.45, 7) is 5.87. The Morgan fingerprint density at radius 1 is 1.47 bits per heavy atom. The lowest BCUT2D eigenvalue weighted by Crippen LogP contribution is -2.27. The van der Waals surface area contributed by atoms with E-state index in [-0.39, 0.29) is 17.8 Å². The second kappa shape index (κ2) is 6.82.